The Morgan fingerprint density at radius 1 is 1.17 bits per heavy atom. The molecule has 1 fully saturated rings. The van der Waals surface area contributed by atoms with Gasteiger partial charge in [0.05, 0.1) is 11.6 Å². The number of aryl methyl sites for hydroxylation is 2. The molecule has 1 atom stereocenters. The molecule has 4 rings (SSSR count). The van der Waals surface area contributed by atoms with E-state index < -0.39 is 0 Å². The number of nitrogens with one attached hydrogen (secondary N) is 1. The van der Waals surface area contributed by atoms with Crippen molar-refractivity contribution >= 4 is 23.1 Å². The summed E-state index contributed by atoms with van der Waals surface area (Å²) in [5.41, 5.74) is 4.49. The minimum absolute atomic E-state index is 0.00307. The fraction of sp³-hybridized carbons (Fsp3) is 0.375. The highest BCUT2D eigenvalue weighted by Gasteiger charge is 2.26. The first-order valence-corrected chi connectivity index (χ1v) is 11.4. The zero-order valence-electron chi connectivity index (χ0n) is 17.6. The summed E-state index contributed by atoms with van der Waals surface area (Å²) >= 11 is 1.73. The molecule has 6 heteroatoms. The molecule has 0 radical (unpaired) electrons. The number of benzene rings is 1. The standard InChI is InChI=1S/C24H28N4OS/c1-17-7-8-19(15-18(17)2)22-9-10-23(27-26-22)28-13-3-5-20(16-28)24(29)25-12-11-21-6-4-14-30-21/h4,6-10,14-15,20H,3,5,11-13,16H2,1-2H3,(H,25,29). The molecule has 1 aromatic carbocycles. The molecule has 30 heavy (non-hydrogen) atoms. The number of aromatic nitrogens is 2. The van der Waals surface area contributed by atoms with E-state index in [-0.39, 0.29) is 11.8 Å². The Kier molecular flexibility index (Phi) is 6.43. The second-order valence-corrected chi connectivity index (χ2v) is 9.01. The van der Waals surface area contributed by atoms with E-state index in [0.29, 0.717) is 13.1 Å². The van der Waals surface area contributed by atoms with Crippen molar-refractivity contribution in [1.29, 1.82) is 0 Å². The van der Waals surface area contributed by atoms with Crippen LogP contribution in [-0.2, 0) is 11.2 Å². The Hall–Kier alpha value is -2.73. The van der Waals surface area contributed by atoms with Gasteiger partial charge in [0.1, 0.15) is 0 Å². The molecule has 156 valence electrons. The Bertz CT molecular complexity index is 985. The highest BCUT2D eigenvalue weighted by Crippen LogP contribution is 2.24. The van der Waals surface area contributed by atoms with Gasteiger partial charge in [-0.05, 0) is 73.9 Å². The largest absolute Gasteiger partial charge is 0.355 e. The van der Waals surface area contributed by atoms with Crippen LogP contribution < -0.4 is 10.2 Å². The van der Waals surface area contributed by atoms with Crippen molar-refractivity contribution in [3.63, 3.8) is 0 Å². The summed E-state index contributed by atoms with van der Waals surface area (Å²) in [5.74, 6) is 0.998. The molecule has 1 N–H and O–H groups in total. The summed E-state index contributed by atoms with van der Waals surface area (Å²) in [4.78, 5) is 16.1. The number of amides is 1. The van der Waals surface area contributed by atoms with Crippen LogP contribution in [0, 0.1) is 19.8 Å². The molecule has 1 amide bonds. The van der Waals surface area contributed by atoms with Gasteiger partial charge in [0.25, 0.3) is 0 Å². The second kappa shape index (κ2) is 9.39. The molecular formula is C24H28N4OS. The number of carbonyl (C=O) groups excluding carboxylic acids is 1. The summed E-state index contributed by atoms with van der Waals surface area (Å²) in [5, 5.41) is 14.1. The monoisotopic (exact) mass is 420 g/mol. The Balaban J connectivity index is 1.35. The lowest BCUT2D eigenvalue weighted by Crippen LogP contribution is -2.43. The average Bonchev–Trinajstić information content (AvgIpc) is 3.29. The first kappa shape index (κ1) is 20.5. The first-order chi connectivity index (χ1) is 14.6. The number of carbonyl (C=O) groups is 1. The molecule has 0 saturated carbocycles. The molecular weight excluding hydrogens is 392 g/mol. The van der Waals surface area contributed by atoms with Gasteiger partial charge in [0.15, 0.2) is 5.82 Å². The van der Waals surface area contributed by atoms with Crippen LogP contribution in [-0.4, -0.2) is 35.7 Å². The predicted octanol–water partition coefficient (Wildman–Crippen LogP) is 4.40. The molecule has 0 spiro atoms. The third-order valence-electron chi connectivity index (χ3n) is 5.82. The highest BCUT2D eigenvalue weighted by molar-refractivity contribution is 7.09. The maximum Gasteiger partial charge on any atom is 0.224 e. The van der Waals surface area contributed by atoms with Gasteiger partial charge >= 0.3 is 0 Å². The number of nitrogens with zero attached hydrogens (tertiary/aromatic N) is 3. The Morgan fingerprint density at radius 2 is 2.07 bits per heavy atom. The molecule has 3 aromatic rings. The van der Waals surface area contributed by atoms with Gasteiger partial charge in [-0.25, -0.2) is 0 Å². The topological polar surface area (TPSA) is 58.1 Å². The third-order valence-corrected chi connectivity index (χ3v) is 6.76. The summed E-state index contributed by atoms with van der Waals surface area (Å²) in [6.07, 6.45) is 2.81. The molecule has 1 unspecified atom stereocenters. The van der Waals surface area contributed by atoms with Crippen molar-refractivity contribution in [2.75, 3.05) is 24.5 Å². The predicted molar refractivity (Wildman–Crippen MR) is 123 cm³/mol. The smallest absolute Gasteiger partial charge is 0.224 e. The SMILES string of the molecule is Cc1ccc(-c2ccc(N3CCCC(C(=O)NCCc4cccs4)C3)nn2)cc1C. The van der Waals surface area contributed by atoms with Crippen molar-refractivity contribution in [3.8, 4) is 11.3 Å². The Morgan fingerprint density at radius 3 is 2.80 bits per heavy atom. The summed E-state index contributed by atoms with van der Waals surface area (Å²) in [6, 6.07) is 14.6. The summed E-state index contributed by atoms with van der Waals surface area (Å²) in [6.45, 7) is 6.53. The normalized spacial score (nSPS) is 16.5. The quantitative estimate of drug-likeness (QED) is 0.642. The highest BCUT2D eigenvalue weighted by atomic mass is 32.1. The maximum atomic E-state index is 12.6. The molecule has 1 aliphatic heterocycles. The summed E-state index contributed by atoms with van der Waals surface area (Å²) in [7, 11) is 0. The number of anilines is 1. The van der Waals surface area contributed by atoms with E-state index >= 15 is 0 Å². The molecule has 0 bridgehead atoms. The van der Waals surface area contributed by atoms with Crippen molar-refractivity contribution in [1.82, 2.24) is 15.5 Å². The number of hydrogen-bond acceptors (Lipinski definition) is 5. The van der Waals surface area contributed by atoms with Crippen molar-refractivity contribution < 1.29 is 4.79 Å². The molecule has 5 nitrogen and oxygen atoms in total. The molecule has 0 aliphatic carbocycles. The lowest BCUT2D eigenvalue weighted by Gasteiger charge is -2.32. The van der Waals surface area contributed by atoms with Crippen LogP contribution in [0.1, 0.15) is 28.8 Å². The Labute approximate surface area is 182 Å². The van der Waals surface area contributed by atoms with Gasteiger partial charge < -0.3 is 10.2 Å². The van der Waals surface area contributed by atoms with Gasteiger partial charge in [0.2, 0.25) is 5.91 Å². The molecule has 3 heterocycles. The van der Waals surface area contributed by atoms with E-state index in [1.54, 1.807) is 11.3 Å². The van der Waals surface area contributed by atoms with Crippen LogP contribution in [0.3, 0.4) is 0 Å². The van der Waals surface area contributed by atoms with Gasteiger partial charge in [-0.3, -0.25) is 4.79 Å². The van der Waals surface area contributed by atoms with Crippen LogP contribution in [0.25, 0.3) is 11.3 Å². The number of piperidine rings is 1. The van der Waals surface area contributed by atoms with Crippen molar-refractivity contribution in [2.24, 2.45) is 5.92 Å². The van der Waals surface area contributed by atoms with E-state index in [2.05, 4.69) is 63.9 Å². The molecule has 2 aromatic heterocycles. The molecule has 1 saturated heterocycles. The second-order valence-electron chi connectivity index (χ2n) is 7.98. The van der Waals surface area contributed by atoms with Crippen molar-refractivity contribution in [3.05, 3.63) is 63.8 Å². The lowest BCUT2D eigenvalue weighted by atomic mass is 9.97. The number of hydrogen-bond donors (Lipinski definition) is 1. The van der Waals surface area contributed by atoms with Crippen LogP contribution in [0.5, 0.6) is 0 Å². The van der Waals surface area contributed by atoms with Gasteiger partial charge in [-0.15, -0.1) is 21.5 Å². The zero-order valence-corrected chi connectivity index (χ0v) is 18.4. The third kappa shape index (κ3) is 4.87. The van der Waals surface area contributed by atoms with E-state index in [0.717, 1.165) is 42.9 Å². The fourth-order valence-corrected chi connectivity index (χ4v) is 4.56. The van der Waals surface area contributed by atoms with Crippen LogP contribution >= 0.6 is 11.3 Å². The first-order valence-electron chi connectivity index (χ1n) is 10.6. The van der Waals surface area contributed by atoms with E-state index in [4.69, 9.17) is 0 Å². The average molecular weight is 421 g/mol. The minimum Gasteiger partial charge on any atom is -0.355 e. The summed E-state index contributed by atoms with van der Waals surface area (Å²) < 4.78 is 0. The number of rotatable bonds is 6. The minimum atomic E-state index is 0.00307. The van der Waals surface area contributed by atoms with Gasteiger partial charge in [-0.1, -0.05) is 18.2 Å². The molecule has 1 aliphatic rings. The van der Waals surface area contributed by atoms with Crippen molar-refractivity contribution in [2.45, 2.75) is 33.1 Å². The van der Waals surface area contributed by atoms with Gasteiger partial charge in [0, 0.05) is 30.1 Å². The lowest BCUT2D eigenvalue weighted by molar-refractivity contribution is -0.125. The van der Waals surface area contributed by atoms with Crippen LogP contribution in [0.4, 0.5) is 5.82 Å². The fourth-order valence-electron chi connectivity index (χ4n) is 3.86. The zero-order chi connectivity index (χ0) is 20.9. The van der Waals surface area contributed by atoms with E-state index in [9.17, 15) is 4.79 Å². The van der Waals surface area contributed by atoms with Crippen LogP contribution in [0.2, 0.25) is 0 Å². The van der Waals surface area contributed by atoms with E-state index in [1.807, 2.05) is 18.2 Å². The van der Waals surface area contributed by atoms with Crippen LogP contribution in [0.15, 0.2) is 47.8 Å². The van der Waals surface area contributed by atoms with E-state index in [1.165, 1.54) is 16.0 Å². The maximum absolute atomic E-state index is 12.6. The number of thiophene rings is 1. The van der Waals surface area contributed by atoms with Gasteiger partial charge in [-0.2, -0.15) is 0 Å².